The molecule has 0 atom stereocenters. The molecule has 0 radical (unpaired) electrons. The van der Waals surface area contributed by atoms with E-state index in [1.54, 1.807) is 11.3 Å². The third kappa shape index (κ3) is 2.90. The van der Waals surface area contributed by atoms with E-state index in [-0.39, 0.29) is 0 Å². The van der Waals surface area contributed by atoms with Crippen molar-refractivity contribution in [3.63, 3.8) is 0 Å². The quantitative estimate of drug-likeness (QED) is 0.833. The van der Waals surface area contributed by atoms with E-state index < -0.39 is 0 Å². The van der Waals surface area contributed by atoms with Gasteiger partial charge in [0.25, 0.3) is 0 Å². The molecule has 1 aliphatic carbocycles. The van der Waals surface area contributed by atoms with Crippen LogP contribution in [0, 0.1) is 19.8 Å². The predicted molar refractivity (Wildman–Crippen MR) is 99.8 cm³/mol. The number of anilines is 1. The average Bonchev–Trinajstić information content (AvgIpc) is 3.24. The van der Waals surface area contributed by atoms with Gasteiger partial charge in [-0.1, -0.05) is 30.2 Å². The molecule has 0 bridgehead atoms. The molecule has 24 heavy (non-hydrogen) atoms. The van der Waals surface area contributed by atoms with E-state index in [0.29, 0.717) is 11.8 Å². The van der Waals surface area contributed by atoms with E-state index in [4.69, 9.17) is 4.98 Å². The van der Waals surface area contributed by atoms with Crippen molar-refractivity contribution < 1.29 is 4.79 Å². The third-order valence-corrected chi connectivity index (χ3v) is 6.45. The van der Waals surface area contributed by atoms with Crippen molar-refractivity contribution in [3.8, 4) is 0 Å². The zero-order chi connectivity index (χ0) is 16.7. The lowest BCUT2D eigenvalue weighted by Gasteiger charge is -2.35. The fourth-order valence-corrected chi connectivity index (χ4v) is 5.24. The number of hydrogen-bond acceptors (Lipinski definition) is 4. The van der Waals surface area contributed by atoms with Crippen LogP contribution in [0.15, 0.2) is 12.1 Å². The molecule has 1 amide bonds. The van der Waals surface area contributed by atoms with Crippen molar-refractivity contribution in [2.45, 2.75) is 39.5 Å². The van der Waals surface area contributed by atoms with E-state index in [0.717, 1.165) is 49.7 Å². The molecule has 1 aromatic heterocycles. The molecular formula is C19H25N3OS. The minimum absolute atomic E-state index is 0.296. The van der Waals surface area contributed by atoms with Crippen molar-refractivity contribution in [2.75, 3.05) is 31.1 Å². The molecule has 1 saturated carbocycles. The van der Waals surface area contributed by atoms with Gasteiger partial charge in [0.05, 0.1) is 10.2 Å². The number of piperazine rings is 1. The Bertz CT molecular complexity index is 755. The number of nitrogens with zero attached hydrogens (tertiary/aromatic N) is 3. The Morgan fingerprint density at radius 1 is 1.12 bits per heavy atom. The van der Waals surface area contributed by atoms with Crippen LogP contribution in [0.25, 0.3) is 10.2 Å². The van der Waals surface area contributed by atoms with E-state index >= 15 is 0 Å². The number of benzene rings is 1. The van der Waals surface area contributed by atoms with Crippen LogP contribution in [0.3, 0.4) is 0 Å². The highest BCUT2D eigenvalue weighted by Gasteiger charge is 2.30. The summed E-state index contributed by atoms with van der Waals surface area (Å²) in [5.41, 5.74) is 3.68. The minimum Gasteiger partial charge on any atom is -0.345 e. The van der Waals surface area contributed by atoms with Gasteiger partial charge in [-0.15, -0.1) is 0 Å². The number of aryl methyl sites for hydroxylation is 2. The van der Waals surface area contributed by atoms with Crippen molar-refractivity contribution in [2.24, 2.45) is 5.92 Å². The fraction of sp³-hybridized carbons (Fsp3) is 0.579. The van der Waals surface area contributed by atoms with Gasteiger partial charge in [0.2, 0.25) is 5.91 Å². The lowest BCUT2D eigenvalue weighted by molar-refractivity contribution is -0.135. The molecule has 1 aromatic carbocycles. The van der Waals surface area contributed by atoms with E-state index in [1.807, 2.05) is 0 Å². The first-order chi connectivity index (χ1) is 11.6. The highest BCUT2D eigenvalue weighted by atomic mass is 32.1. The highest BCUT2D eigenvalue weighted by Crippen LogP contribution is 2.32. The Hall–Kier alpha value is -1.62. The van der Waals surface area contributed by atoms with Crippen LogP contribution in [0.5, 0.6) is 0 Å². The molecule has 2 fully saturated rings. The van der Waals surface area contributed by atoms with Gasteiger partial charge in [-0.2, -0.15) is 0 Å². The predicted octanol–water partition coefficient (Wildman–Crippen LogP) is 3.75. The summed E-state index contributed by atoms with van der Waals surface area (Å²) in [7, 11) is 0. The molecule has 4 rings (SSSR count). The lowest BCUT2D eigenvalue weighted by atomic mass is 10.1. The SMILES string of the molecule is Cc1cc(C)c2nc(N3CCN(C(=O)C4CCCC4)CC3)sc2c1. The Balaban J connectivity index is 1.46. The van der Waals surface area contributed by atoms with Crippen LogP contribution in [0.4, 0.5) is 5.13 Å². The standard InChI is InChI=1S/C19H25N3OS/c1-13-11-14(2)17-16(12-13)24-19(20-17)22-9-7-21(8-10-22)18(23)15-5-3-4-6-15/h11-12,15H,3-10H2,1-2H3. The first-order valence-electron chi connectivity index (χ1n) is 9.03. The summed E-state index contributed by atoms with van der Waals surface area (Å²) in [6.45, 7) is 7.75. The third-order valence-electron chi connectivity index (χ3n) is 5.38. The first kappa shape index (κ1) is 15.9. The van der Waals surface area contributed by atoms with Crippen LogP contribution in [0.2, 0.25) is 0 Å². The van der Waals surface area contributed by atoms with Crippen molar-refractivity contribution in [1.29, 1.82) is 0 Å². The lowest BCUT2D eigenvalue weighted by Crippen LogP contribution is -2.50. The molecule has 0 spiro atoms. The van der Waals surface area contributed by atoms with Gasteiger partial charge in [0, 0.05) is 32.1 Å². The molecule has 2 aromatic rings. The number of carbonyl (C=O) groups is 1. The summed E-state index contributed by atoms with van der Waals surface area (Å²) in [6, 6.07) is 4.42. The zero-order valence-corrected chi connectivity index (χ0v) is 15.4. The first-order valence-corrected chi connectivity index (χ1v) is 9.85. The van der Waals surface area contributed by atoms with Crippen LogP contribution < -0.4 is 4.90 Å². The van der Waals surface area contributed by atoms with Gasteiger partial charge in [-0.3, -0.25) is 4.79 Å². The summed E-state index contributed by atoms with van der Waals surface area (Å²) in [5, 5.41) is 1.10. The van der Waals surface area contributed by atoms with Crippen LogP contribution in [0.1, 0.15) is 36.8 Å². The monoisotopic (exact) mass is 343 g/mol. The Labute approximate surface area is 147 Å². The largest absolute Gasteiger partial charge is 0.345 e. The molecule has 0 unspecified atom stereocenters. The minimum atomic E-state index is 0.296. The van der Waals surface area contributed by atoms with Crippen LogP contribution in [-0.4, -0.2) is 42.0 Å². The van der Waals surface area contributed by atoms with Crippen molar-refractivity contribution in [3.05, 3.63) is 23.3 Å². The number of amides is 1. The molecule has 128 valence electrons. The highest BCUT2D eigenvalue weighted by molar-refractivity contribution is 7.22. The van der Waals surface area contributed by atoms with Gasteiger partial charge >= 0.3 is 0 Å². The summed E-state index contributed by atoms with van der Waals surface area (Å²) in [4.78, 5) is 21.9. The molecule has 0 N–H and O–H groups in total. The van der Waals surface area contributed by atoms with Crippen LogP contribution in [-0.2, 0) is 4.79 Å². The maximum absolute atomic E-state index is 12.6. The number of fused-ring (bicyclic) bond motifs is 1. The molecule has 2 aliphatic rings. The second kappa shape index (κ2) is 6.36. The number of carbonyl (C=O) groups excluding carboxylic acids is 1. The van der Waals surface area contributed by atoms with Gasteiger partial charge < -0.3 is 9.80 Å². The van der Waals surface area contributed by atoms with Gasteiger partial charge in [-0.25, -0.2) is 4.98 Å². The fourth-order valence-electron chi connectivity index (χ4n) is 4.04. The summed E-state index contributed by atoms with van der Waals surface area (Å²) in [6.07, 6.45) is 4.63. The molecule has 4 nitrogen and oxygen atoms in total. The smallest absolute Gasteiger partial charge is 0.225 e. The number of hydrogen-bond donors (Lipinski definition) is 0. The average molecular weight is 343 g/mol. The van der Waals surface area contributed by atoms with Crippen molar-refractivity contribution in [1.82, 2.24) is 9.88 Å². The van der Waals surface area contributed by atoms with Gasteiger partial charge in [-0.05, 0) is 43.9 Å². The van der Waals surface area contributed by atoms with Gasteiger partial charge in [0.15, 0.2) is 5.13 Å². The van der Waals surface area contributed by atoms with E-state index in [1.165, 1.54) is 28.7 Å². The summed E-state index contributed by atoms with van der Waals surface area (Å²) in [5.74, 6) is 0.688. The maximum Gasteiger partial charge on any atom is 0.225 e. The Kier molecular flexibility index (Phi) is 4.21. The molecule has 1 aliphatic heterocycles. The van der Waals surface area contributed by atoms with E-state index in [9.17, 15) is 4.79 Å². The second-order valence-electron chi connectivity index (χ2n) is 7.22. The topological polar surface area (TPSA) is 36.4 Å². The van der Waals surface area contributed by atoms with Crippen LogP contribution >= 0.6 is 11.3 Å². The number of aromatic nitrogens is 1. The normalized spacial score (nSPS) is 19.4. The summed E-state index contributed by atoms with van der Waals surface area (Å²) >= 11 is 1.78. The molecular weight excluding hydrogens is 318 g/mol. The van der Waals surface area contributed by atoms with Crippen molar-refractivity contribution >= 4 is 32.6 Å². The van der Waals surface area contributed by atoms with E-state index in [2.05, 4.69) is 35.8 Å². The maximum atomic E-state index is 12.6. The zero-order valence-electron chi connectivity index (χ0n) is 14.5. The molecule has 2 heterocycles. The second-order valence-corrected chi connectivity index (χ2v) is 8.23. The number of thiazole rings is 1. The molecule has 1 saturated heterocycles. The molecule has 5 heteroatoms. The Morgan fingerprint density at radius 2 is 1.83 bits per heavy atom. The Morgan fingerprint density at radius 3 is 2.54 bits per heavy atom. The number of rotatable bonds is 2. The summed E-state index contributed by atoms with van der Waals surface area (Å²) < 4.78 is 1.27. The van der Waals surface area contributed by atoms with Gasteiger partial charge in [0.1, 0.15) is 0 Å².